The Hall–Kier alpha value is -2.05. The molecule has 0 bridgehead atoms. The van der Waals surface area contributed by atoms with Crippen molar-refractivity contribution < 1.29 is 18.1 Å². The highest BCUT2D eigenvalue weighted by Crippen LogP contribution is 2.36. The lowest BCUT2D eigenvalue weighted by Gasteiger charge is -2.32. The zero-order chi connectivity index (χ0) is 16.8. The number of likely N-dealkylation sites (tertiary alicyclic amines) is 1. The quantitative estimate of drug-likeness (QED) is 0.860. The molecular formula is C17H19F2N3O2. The molecule has 0 unspecified atom stereocenters. The number of pyridine rings is 1. The molecule has 2 aromatic heterocycles. The van der Waals surface area contributed by atoms with Crippen LogP contribution in [0.1, 0.15) is 55.0 Å². The second-order valence-electron chi connectivity index (χ2n) is 6.78. The third-order valence-electron chi connectivity index (χ3n) is 4.98. The summed E-state index contributed by atoms with van der Waals surface area (Å²) < 4.78 is 32.0. The standard InChI is InChI=1S/C17H19F2N3O2/c1-9-14-12(15(18)19)7-13(20-16(14)24-21-9)11-3-2-6-22(8-11)17(23)10-4-5-10/h7,10-11,15H,2-6,8H2,1H3/t11-/m0/s1. The fraction of sp³-hybridized carbons (Fsp3) is 0.588. The van der Waals surface area contributed by atoms with E-state index in [1.165, 1.54) is 6.07 Å². The van der Waals surface area contributed by atoms with E-state index in [-0.39, 0.29) is 29.0 Å². The van der Waals surface area contributed by atoms with Crippen LogP contribution in [0.4, 0.5) is 8.78 Å². The Kier molecular flexibility index (Phi) is 3.73. The molecule has 2 aromatic rings. The predicted octanol–water partition coefficient (Wildman–Crippen LogP) is 3.58. The molecule has 1 aliphatic carbocycles. The van der Waals surface area contributed by atoms with E-state index in [1.54, 1.807) is 6.92 Å². The van der Waals surface area contributed by atoms with E-state index in [9.17, 15) is 13.6 Å². The molecular weight excluding hydrogens is 316 g/mol. The van der Waals surface area contributed by atoms with E-state index in [0.29, 0.717) is 23.3 Å². The van der Waals surface area contributed by atoms with Gasteiger partial charge in [-0.15, -0.1) is 0 Å². The minimum absolute atomic E-state index is 0.0336. The summed E-state index contributed by atoms with van der Waals surface area (Å²) in [6, 6.07) is 1.47. The number of rotatable bonds is 3. The molecule has 0 radical (unpaired) electrons. The Labute approximate surface area is 138 Å². The lowest BCUT2D eigenvalue weighted by molar-refractivity contribution is -0.133. The third-order valence-corrected chi connectivity index (χ3v) is 4.98. The van der Waals surface area contributed by atoms with E-state index in [1.807, 2.05) is 4.90 Å². The van der Waals surface area contributed by atoms with Gasteiger partial charge in [0.1, 0.15) is 0 Å². The van der Waals surface area contributed by atoms with E-state index >= 15 is 0 Å². The van der Waals surface area contributed by atoms with Gasteiger partial charge < -0.3 is 9.42 Å². The SMILES string of the molecule is Cc1noc2nc([C@H]3CCCN(C(=O)C4CC4)C3)cc(C(F)F)c12. The van der Waals surface area contributed by atoms with Gasteiger partial charge in [-0.2, -0.15) is 0 Å². The highest BCUT2D eigenvalue weighted by Gasteiger charge is 2.36. The number of halogens is 2. The number of piperidine rings is 1. The lowest BCUT2D eigenvalue weighted by atomic mass is 9.92. The van der Waals surface area contributed by atoms with Crippen molar-refractivity contribution in [2.75, 3.05) is 13.1 Å². The molecule has 1 saturated heterocycles. The average Bonchev–Trinajstić information content (AvgIpc) is 3.37. The predicted molar refractivity (Wildman–Crippen MR) is 82.8 cm³/mol. The molecule has 1 saturated carbocycles. The van der Waals surface area contributed by atoms with Gasteiger partial charge in [0, 0.05) is 36.2 Å². The van der Waals surface area contributed by atoms with Gasteiger partial charge in [0.05, 0.1) is 11.1 Å². The molecule has 1 aliphatic heterocycles. The molecule has 128 valence electrons. The first-order valence-corrected chi connectivity index (χ1v) is 8.38. The van der Waals surface area contributed by atoms with Gasteiger partial charge >= 0.3 is 0 Å². The molecule has 2 fully saturated rings. The van der Waals surface area contributed by atoms with Crippen LogP contribution in [0.15, 0.2) is 10.6 Å². The zero-order valence-corrected chi connectivity index (χ0v) is 13.5. The van der Waals surface area contributed by atoms with Gasteiger partial charge in [0.25, 0.3) is 12.1 Å². The number of hydrogen-bond donors (Lipinski definition) is 0. The number of carbonyl (C=O) groups excluding carboxylic acids is 1. The van der Waals surface area contributed by atoms with Gasteiger partial charge in [-0.3, -0.25) is 4.79 Å². The molecule has 1 amide bonds. The molecule has 5 nitrogen and oxygen atoms in total. The topological polar surface area (TPSA) is 59.2 Å². The van der Waals surface area contributed by atoms with Crippen LogP contribution < -0.4 is 0 Å². The Morgan fingerprint density at radius 2 is 2.17 bits per heavy atom. The van der Waals surface area contributed by atoms with Crippen molar-refractivity contribution in [3.63, 3.8) is 0 Å². The number of aryl methyl sites for hydroxylation is 1. The minimum Gasteiger partial charge on any atom is -0.342 e. The highest BCUT2D eigenvalue weighted by atomic mass is 19.3. The highest BCUT2D eigenvalue weighted by molar-refractivity contribution is 5.82. The number of hydrogen-bond acceptors (Lipinski definition) is 4. The largest absolute Gasteiger partial charge is 0.342 e. The fourth-order valence-corrected chi connectivity index (χ4v) is 3.54. The van der Waals surface area contributed by atoms with Crippen LogP contribution in [0.3, 0.4) is 0 Å². The Morgan fingerprint density at radius 1 is 1.38 bits per heavy atom. The molecule has 0 aromatic carbocycles. The molecule has 3 heterocycles. The van der Waals surface area contributed by atoms with Crippen molar-refractivity contribution in [1.82, 2.24) is 15.0 Å². The first kappa shape index (κ1) is 15.5. The zero-order valence-electron chi connectivity index (χ0n) is 13.5. The van der Waals surface area contributed by atoms with Crippen LogP contribution in [0.2, 0.25) is 0 Å². The van der Waals surface area contributed by atoms with Crippen LogP contribution in [-0.4, -0.2) is 34.0 Å². The van der Waals surface area contributed by atoms with Crippen LogP contribution >= 0.6 is 0 Å². The lowest BCUT2D eigenvalue weighted by Crippen LogP contribution is -2.40. The van der Waals surface area contributed by atoms with E-state index in [0.717, 1.165) is 32.2 Å². The van der Waals surface area contributed by atoms with E-state index < -0.39 is 6.43 Å². The summed E-state index contributed by atoms with van der Waals surface area (Å²) in [5, 5.41) is 4.07. The normalized spacial score (nSPS) is 21.7. The molecule has 7 heteroatoms. The summed E-state index contributed by atoms with van der Waals surface area (Å²) in [6.07, 6.45) is 1.03. The summed E-state index contributed by atoms with van der Waals surface area (Å²) >= 11 is 0. The molecule has 0 spiro atoms. The maximum Gasteiger partial charge on any atom is 0.264 e. The third kappa shape index (κ3) is 2.65. The van der Waals surface area contributed by atoms with E-state index in [4.69, 9.17) is 4.52 Å². The maximum atomic E-state index is 13.5. The van der Waals surface area contributed by atoms with Crippen molar-refractivity contribution in [1.29, 1.82) is 0 Å². The number of amides is 1. The van der Waals surface area contributed by atoms with Crippen molar-refractivity contribution in [2.45, 2.75) is 45.0 Å². The molecule has 2 aliphatic rings. The van der Waals surface area contributed by atoms with Gasteiger partial charge in [-0.05, 0) is 38.7 Å². The number of nitrogens with zero attached hydrogens (tertiary/aromatic N) is 3. The fourth-order valence-electron chi connectivity index (χ4n) is 3.54. The van der Waals surface area contributed by atoms with Crippen molar-refractivity contribution >= 4 is 17.0 Å². The first-order chi connectivity index (χ1) is 11.5. The summed E-state index contributed by atoms with van der Waals surface area (Å²) in [4.78, 5) is 18.6. The van der Waals surface area contributed by atoms with Crippen LogP contribution in [0.25, 0.3) is 11.1 Å². The van der Waals surface area contributed by atoms with Crippen molar-refractivity contribution in [3.05, 3.63) is 23.0 Å². The maximum absolute atomic E-state index is 13.5. The van der Waals surface area contributed by atoms with Crippen molar-refractivity contribution in [2.24, 2.45) is 5.92 Å². The molecule has 4 rings (SSSR count). The Bertz CT molecular complexity index is 785. The minimum atomic E-state index is -2.61. The van der Waals surface area contributed by atoms with Crippen LogP contribution in [0.5, 0.6) is 0 Å². The van der Waals surface area contributed by atoms with Gasteiger partial charge in [0.15, 0.2) is 0 Å². The van der Waals surface area contributed by atoms with Crippen LogP contribution in [-0.2, 0) is 4.79 Å². The average molecular weight is 335 g/mol. The van der Waals surface area contributed by atoms with Crippen LogP contribution in [0, 0.1) is 12.8 Å². The van der Waals surface area contributed by atoms with Crippen molar-refractivity contribution in [3.8, 4) is 0 Å². The van der Waals surface area contributed by atoms with Gasteiger partial charge in [-0.25, -0.2) is 13.8 Å². The molecule has 24 heavy (non-hydrogen) atoms. The number of aromatic nitrogens is 2. The summed E-state index contributed by atoms with van der Waals surface area (Å²) in [7, 11) is 0. The smallest absolute Gasteiger partial charge is 0.264 e. The molecule has 0 N–H and O–H groups in total. The Morgan fingerprint density at radius 3 is 2.88 bits per heavy atom. The van der Waals surface area contributed by atoms with Gasteiger partial charge in [0.2, 0.25) is 5.91 Å². The number of fused-ring (bicyclic) bond motifs is 1. The first-order valence-electron chi connectivity index (χ1n) is 8.38. The van der Waals surface area contributed by atoms with E-state index in [2.05, 4.69) is 10.1 Å². The number of carbonyl (C=O) groups is 1. The second-order valence-corrected chi connectivity index (χ2v) is 6.78. The molecule has 1 atom stereocenters. The summed E-state index contributed by atoms with van der Waals surface area (Å²) in [6.45, 7) is 2.93. The van der Waals surface area contributed by atoms with Gasteiger partial charge in [-0.1, -0.05) is 5.16 Å². The Balaban J connectivity index is 1.66. The summed E-state index contributed by atoms with van der Waals surface area (Å²) in [5.74, 6) is 0.340. The number of alkyl halides is 2. The second kappa shape index (κ2) is 5.79. The monoisotopic (exact) mass is 335 g/mol. The summed E-state index contributed by atoms with van der Waals surface area (Å²) in [5.41, 5.74) is 1.07.